The Morgan fingerprint density at radius 1 is 1.29 bits per heavy atom. The summed E-state index contributed by atoms with van der Waals surface area (Å²) in [4.78, 5) is 2.59. The Morgan fingerprint density at radius 2 is 2.14 bits per heavy atom. The van der Waals surface area contributed by atoms with Crippen molar-refractivity contribution in [1.82, 2.24) is 10.2 Å². The van der Waals surface area contributed by atoms with Crippen LogP contribution in [0.15, 0.2) is 0 Å². The summed E-state index contributed by atoms with van der Waals surface area (Å²) in [7, 11) is 2.30. The fraction of sp³-hybridized carbons (Fsp3) is 1.00. The van der Waals surface area contributed by atoms with Crippen molar-refractivity contribution in [2.45, 2.75) is 51.1 Å². The molecule has 2 nitrogen and oxygen atoms in total. The first-order valence-corrected chi connectivity index (χ1v) is 6.26. The van der Waals surface area contributed by atoms with E-state index in [0.717, 1.165) is 18.0 Å². The molecule has 0 aromatic carbocycles. The van der Waals surface area contributed by atoms with Crippen molar-refractivity contribution >= 4 is 0 Å². The Hall–Kier alpha value is -0.0800. The van der Waals surface area contributed by atoms with Crippen molar-refractivity contribution in [3.8, 4) is 0 Å². The molecule has 1 N–H and O–H groups in total. The number of fused-ring (bicyclic) bond motifs is 1. The number of hydrogen-bond donors (Lipinski definition) is 1. The molecule has 1 saturated carbocycles. The number of hydrogen-bond acceptors (Lipinski definition) is 2. The van der Waals surface area contributed by atoms with Crippen molar-refractivity contribution < 1.29 is 0 Å². The largest absolute Gasteiger partial charge is 0.314 e. The normalized spacial score (nSPS) is 38.6. The molecule has 0 amide bonds. The second-order valence-corrected chi connectivity index (χ2v) is 4.99. The van der Waals surface area contributed by atoms with E-state index in [0.29, 0.717) is 0 Å². The second-order valence-electron chi connectivity index (χ2n) is 4.99. The van der Waals surface area contributed by atoms with Gasteiger partial charge in [0.15, 0.2) is 0 Å². The summed E-state index contributed by atoms with van der Waals surface area (Å²) in [5.74, 6) is 0.945. The summed E-state index contributed by atoms with van der Waals surface area (Å²) in [5, 5.41) is 3.74. The maximum atomic E-state index is 3.74. The van der Waals surface area contributed by atoms with E-state index in [-0.39, 0.29) is 0 Å². The van der Waals surface area contributed by atoms with Crippen molar-refractivity contribution in [3.05, 3.63) is 0 Å². The molecule has 1 aliphatic heterocycles. The van der Waals surface area contributed by atoms with Crippen molar-refractivity contribution in [2.75, 3.05) is 20.1 Å². The lowest BCUT2D eigenvalue weighted by atomic mass is 9.87. The lowest BCUT2D eigenvalue weighted by Gasteiger charge is -2.41. The molecule has 0 radical (unpaired) electrons. The van der Waals surface area contributed by atoms with E-state index in [1.807, 2.05) is 0 Å². The van der Waals surface area contributed by atoms with Gasteiger partial charge in [0.25, 0.3) is 0 Å². The van der Waals surface area contributed by atoms with Gasteiger partial charge in [0, 0.05) is 12.1 Å². The topological polar surface area (TPSA) is 15.3 Å². The molecule has 0 aromatic rings. The summed E-state index contributed by atoms with van der Waals surface area (Å²) in [6, 6.07) is 1.71. The van der Waals surface area contributed by atoms with E-state index < -0.39 is 0 Å². The molecule has 2 rings (SSSR count). The van der Waals surface area contributed by atoms with Gasteiger partial charge in [-0.1, -0.05) is 13.3 Å². The predicted molar refractivity (Wildman–Crippen MR) is 60.5 cm³/mol. The number of nitrogens with zero attached hydrogens (tertiary/aromatic N) is 1. The summed E-state index contributed by atoms with van der Waals surface area (Å²) in [6.07, 6.45) is 6.97. The van der Waals surface area contributed by atoms with Crippen LogP contribution in [0.1, 0.15) is 39.0 Å². The predicted octanol–water partition coefficient (Wildman–Crippen LogP) is 1.86. The van der Waals surface area contributed by atoms with Crippen molar-refractivity contribution in [2.24, 2.45) is 5.92 Å². The minimum Gasteiger partial charge on any atom is -0.314 e. The molecule has 1 saturated heterocycles. The lowest BCUT2D eigenvalue weighted by molar-refractivity contribution is 0.110. The van der Waals surface area contributed by atoms with Crippen LogP contribution in [0.5, 0.6) is 0 Å². The molecule has 3 unspecified atom stereocenters. The van der Waals surface area contributed by atoms with Gasteiger partial charge in [-0.05, 0) is 51.7 Å². The zero-order chi connectivity index (χ0) is 9.97. The molecule has 1 heterocycles. The van der Waals surface area contributed by atoms with E-state index in [1.165, 1.54) is 45.2 Å². The van der Waals surface area contributed by atoms with Gasteiger partial charge < -0.3 is 10.2 Å². The van der Waals surface area contributed by atoms with Crippen LogP contribution in [0.2, 0.25) is 0 Å². The minimum absolute atomic E-state index is 0.818. The molecule has 2 heteroatoms. The Bertz CT molecular complexity index is 179. The van der Waals surface area contributed by atoms with Gasteiger partial charge >= 0.3 is 0 Å². The van der Waals surface area contributed by atoms with Gasteiger partial charge in [-0.3, -0.25) is 0 Å². The molecule has 2 aliphatic rings. The van der Waals surface area contributed by atoms with E-state index >= 15 is 0 Å². The number of likely N-dealkylation sites (tertiary alicyclic amines) is 1. The van der Waals surface area contributed by atoms with E-state index in [2.05, 4.69) is 24.2 Å². The Balaban J connectivity index is 1.92. The van der Waals surface area contributed by atoms with Gasteiger partial charge in [-0.25, -0.2) is 0 Å². The minimum atomic E-state index is 0.818. The van der Waals surface area contributed by atoms with Crippen LogP contribution in [-0.2, 0) is 0 Å². The van der Waals surface area contributed by atoms with E-state index in [9.17, 15) is 0 Å². The average molecular weight is 196 g/mol. The summed E-state index contributed by atoms with van der Waals surface area (Å²) < 4.78 is 0. The van der Waals surface area contributed by atoms with E-state index in [1.54, 1.807) is 0 Å². The zero-order valence-electron chi connectivity index (χ0n) is 9.63. The Labute approximate surface area is 88.1 Å². The molecule has 14 heavy (non-hydrogen) atoms. The monoisotopic (exact) mass is 196 g/mol. The molecule has 3 atom stereocenters. The molecule has 0 aromatic heterocycles. The highest BCUT2D eigenvalue weighted by Crippen LogP contribution is 2.36. The standard InChI is InChI=1S/C12H24N2/c1-3-8-13-11-7-9-14(2)12-6-4-5-10(11)12/h10-13H,3-9H2,1-2H3. The first-order valence-electron chi connectivity index (χ1n) is 6.26. The first-order chi connectivity index (χ1) is 6.83. The third kappa shape index (κ3) is 1.96. The van der Waals surface area contributed by atoms with Crippen molar-refractivity contribution in [1.29, 1.82) is 0 Å². The van der Waals surface area contributed by atoms with Gasteiger partial charge in [0.05, 0.1) is 0 Å². The number of rotatable bonds is 3. The number of nitrogens with one attached hydrogen (secondary N) is 1. The molecular weight excluding hydrogens is 172 g/mol. The van der Waals surface area contributed by atoms with Gasteiger partial charge in [-0.15, -0.1) is 0 Å². The fourth-order valence-electron chi connectivity index (χ4n) is 3.29. The Kier molecular flexibility index (Phi) is 3.45. The summed E-state index contributed by atoms with van der Waals surface area (Å²) in [5.41, 5.74) is 0. The first kappa shape index (κ1) is 10.4. The van der Waals surface area contributed by atoms with Crippen LogP contribution < -0.4 is 5.32 Å². The van der Waals surface area contributed by atoms with E-state index in [4.69, 9.17) is 0 Å². The molecule has 82 valence electrons. The SMILES string of the molecule is CCCNC1CCN(C)C2CCCC12. The third-order valence-corrected chi connectivity index (χ3v) is 4.06. The molecule has 0 spiro atoms. The number of piperidine rings is 1. The van der Waals surface area contributed by atoms with Crippen LogP contribution in [0.3, 0.4) is 0 Å². The highest BCUT2D eigenvalue weighted by Gasteiger charge is 2.38. The van der Waals surface area contributed by atoms with Crippen molar-refractivity contribution in [3.63, 3.8) is 0 Å². The molecular formula is C12H24N2. The quantitative estimate of drug-likeness (QED) is 0.741. The molecule has 0 bridgehead atoms. The second kappa shape index (κ2) is 4.63. The van der Waals surface area contributed by atoms with Gasteiger partial charge in [-0.2, -0.15) is 0 Å². The highest BCUT2D eigenvalue weighted by atomic mass is 15.2. The van der Waals surface area contributed by atoms with Gasteiger partial charge in [0.2, 0.25) is 0 Å². The molecule has 1 aliphatic carbocycles. The summed E-state index contributed by atoms with van der Waals surface area (Å²) in [6.45, 7) is 4.76. The maximum absolute atomic E-state index is 3.74. The zero-order valence-corrected chi connectivity index (χ0v) is 9.63. The summed E-state index contributed by atoms with van der Waals surface area (Å²) >= 11 is 0. The van der Waals surface area contributed by atoms with Crippen LogP contribution in [-0.4, -0.2) is 37.1 Å². The van der Waals surface area contributed by atoms with Crippen LogP contribution in [0.4, 0.5) is 0 Å². The maximum Gasteiger partial charge on any atom is 0.0135 e. The van der Waals surface area contributed by atoms with Crippen LogP contribution in [0.25, 0.3) is 0 Å². The molecule has 2 fully saturated rings. The lowest BCUT2D eigenvalue weighted by Crippen LogP contribution is -2.52. The highest BCUT2D eigenvalue weighted by molar-refractivity contribution is 4.95. The third-order valence-electron chi connectivity index (χ3n) is 4.06. The van der Waals surface area contributed by atoms with Crippen LogP contribution >= 0.6 is 0 Å². The average Bonchev–Trinajstić information content (AvgIpc) is 2.66. The fourth-order valence-corrected chi connectivity index (χ4v) is 3.29. The Morgan fingerprint density at radius 3 is 2.93 bits per heavy atom. The van der Waals surface area contributed by atoms with Crippen LogP contribution in [0, 0.1) is 5.92 Å². The van der Waals surface area contributed by atoms with Gasteiger partial charge in [0.1, 0.15) is 0 Å². The smallest absolute Gasteiger partial charge is 0.0135 e.